The first-order valence-corrected chi connectivity index (χ1v) is 8.88. The molecular weight excluding hydrogens is 334 g/mol. The summed E-state index contributed by atoms with van der Waals surface area (Å²) in [5.41, 5.74) is 0.799. The zero-order chi connectivity index (χ0) is 18.4. The fourth-order valence-electron chi connectivity index (χ4n) is 3.01. The van der Waals surface area contributed by atoms with Crippen molar-refractivity contribution >= 4 is 11.8 Å². The van der Waals surface area contributed by atoms with Gasteiger partial charge in [0.1, 0.15) is 0 Å². The molecule has 0 atom stereocenters. The number of carbonyl (C=O) groups is 2. The summed E-state index contributed by atoms with van der Waals surface area (Å²) in [7, 11) is 1.66. The van der Waals surface area contributed by atoms with E-state index in [1.807, 2.05) is 0 Å². The van der Waals surface area contributed by atoms with E-state index < -0.39 is 0 Å². The molecule has 2 aromatic rings. The molecule has 1 fully saturated rings. The maximum absolute atomic E-state index is 12.2. The van der Waals surface area contributed by atoms with Crippen LogP contribution < -0.4 is 5.32 Å². The highest BCUT2D eigenvalue weighted by atomic mass is 16.5. The zero-order valence-electron chi connectivity index (χ0n) is 14.9. The first-order chi connectivity index (χ1) is 12.6. The van der Waals surface area contributed by atoms with Crippen molar-refractivity contribution in [1.82, 2.24) is 25.3 Å². The van der Waals surface area contributed by atoms with Gasteiger partial charge in [0.15, 0.2) is 0 Å². The highest BCUT2D eigenvalue weighted by Gasteiger charge is 2.19. The molecule has 0 aromatic carbocycles. The van der Waals surface area contributed by atoms with Gasteiger partial charge in [-0.25, -0.2) is 0 Å². The molecule has 1 saturated carbocycles. The predicted molar refractivity (Wildman–Crippen MR) is 93.6 cm³/mol. The van der Waals surface area contributed by atoms with Crippen LogP contribution in [0, 0.1) is 0 Å². The molecule has 3 rings (SSSR count). The third-order valence-electron chi connectivity index (χ3n) is 4.49. The van der Waals surface area contributed by atoms with Crippen molar-refractivity contribution in [3.05, 3.63) is 30.4 Å². The second-order valence-corrected chi connectivity index (χ2v) is 6.55. The Bertz CT molecular complexity index is 740. The number of carbonyl (C=O) groups excluding carboxylic acids is 2. The van der Waals surface area contributed by atoms with Crippen LogP contribution in [0.3, 0.4) is 0 Å². The smallest absolute Gasteiger partial charge is 0.246 e. The van der Waals surface area contributed by atoms with E-state index in [0.29, 0.717) is 11.7 Å². The normalized spacial score (nSPS) is 14.3. The van der Waals surface area contributed by atoms with E-state index in [0.717, 1.165) is 31.2 Å². The predicted octanol–water partition coefficient (Wildman–Crippen LogP) is 1.93. The van der Waals surface area contributed by atoms with Crippen molar-refractivity contribution in [3.63, 3.8) is 0 Å². The van der Waals surface area contributed by atoms with Crippen molar-refractivity contribution in [3.8, 4) is 11.4 Å². The molecule has 8 nitrogen and oxygen atoms in total. The second-order valence-electron chi connectivity index (χ2n) is 6.55. The number of rotatable bonds is 7. The maximum Gasteiger partial charge on any atom is 0.246 e. The fraction of sp³-hybridized carbons (Fsp3) is 0.500. The van der Waals surface area contributed by atoms with Gasteiger partial charge in [0, 0.05) is 43.9 Å². The average Bonchev–Trinajstić information content (AvgIpc) is 3.32. The summed E-state index contributed by atoms with van der Waals surface area (Å²) in [6, 6.07) is 3.85. The molecular formula is C18H23N5O3. The van der Waals surface area contributed by atoms with Crippen LogP contribution in [0.5, 0.6) is 0 Å². The van der Waals surface area contributed by atoms with Gasteiger partial charge >= 0.3 is 0 Å². The summed E-state index contributed by atoms with van der Waals surface area (Å²) in [5, 5.41) is 6.90. The molecule has 26 heavy (non-hydrogen) atoms. The number of amides is 2. The minimum atomic E-state index is -0.129. The van der Waals surface area contributed by atoms with Gasteiger partial charge < -0.3 is 14.7 Å². The molecule has 0 unspecified atom stereocenters. The highest BCUT2D eigenvalue weighted by molar-refractivity contribution is 5.83. The standard InChI is InChI=1S/C18H23N5O3/c1-23(17(25)7-6-15(24)20-14-4-2-3-5-14)12-16-21-18(22-26-16)13-8-10-19-11-9-13/h8-11,14H,2-7,12H2,1H3,(H,20,24). The zero-order valence-corrected chi connectivity index (χ0v) is 14.9. The van der Waals surface area contributed by atoms with Gasteiger partial charge in [0.2, 0.25) is 23.5 Å². The molecule has 1 aliphatic rings. The Labute approximate surface area is 152 Å². The van der Waals surface area contributed by atoms with E-state index in [2.05, 4.69) is 20.4 Å². The minimum absolute atomic E-state index is 0.0589. The summed E-state index contributed by atoms with van der Waals surface area (Å²) < 4.78 is 5.20. The van der Waals surface area contributed by atoms with E-state index in [1.165, 1.54) is 4.90 Å². The lowest BCUT2D eigenvalue weighted by Crippen LogP contribution is -2.34. The van der Waals surface area contributed by atoms with Crippen LogP contribution in [0.4, 0.5) is 0 Å². The lowest BCUT2D eigenvalue weighted by atomic mass is 10.2. The summed E-state index contributed by atoms with van der Waals surface area (Å²) >= 11 is 0. The molecule has 2 amide bonds. The van der Waals surface area contributed by atoms with Crippen molar-refractivity contribution in [2.75, 3.05) is 7.05 Å². The Morgan fingerprint density at radius 2 is 1.96 bits per heavy atom. The third-order valence-corrected chi connectivity index (χ3v) is 4.49. The van der Waals surface area contributed by atoms with Crippen LogP contribution in [-0.4, -0.2) is 44.9 Å². The molecule has 0 radical (unpaired) electrons. The van der Waals surface area contributed by atoms with Gasteiger partial charge in [0.05, 0.1) is 6.54 Å². The molecule has 0 saturated heterocycles. The number of pyridine rings is 1. The lowest BCUT2D eigenvalue weighted by Gasteiger charge is -2.15. The molecule has 2 heterocycles. The van der Waals surface area contributed by atoms with E-state index in [9.17, 15) is 9.59 Å². The van der Waals surface area contributed by atoms with Crippen molar-refractivity contribution in [2.24, 2.45) is 0 Å². The van der Waals surface area contributed by atoms with Crippen LogP contribution in [0.15, 0.2) is 29.0 Å². The maximum atomic E-state index is 12.2. The fourth-order valence-corrected chi connectivity index (χ4v) is 3.01. The summed E-state index contributed by atoms with van der Waals surface area (Å²) in [5.74, 6) is 0.619. The van der Waals surface area contributed by atoms with Crippen LogP contribution in [0.2, 0.25) is 0 Å². The average molecular weight is 357 g/mol. The van der Waals surface area contributed by atoms with Crippen LogP contribution in [0.25, 0.3) is 11.4 Å². The van der Waals surface area contributed by atoms with E-state index in [4.69, 9.17) is 4.52 Å². The van der Waals surface area contributed by atoms with E-state index >= 15 is 0 Å². The van der Waals surface area contributed by atoms with Crippen LogP contribution >= 0.6 is 0 Å². The lowest BCUT2D eigenvalue weighted by molar-refractivity contribution is -0.133. The minimum Gasteiger partial charge on any atom is -0.353 e. The van der Waals surface area contributed by atoms with Gasteiger partial charge in [-0.1, -0.05) is 18.0 Å². The largest absolute Gasteiger partial charge is 0.353 e. The van der Waals surface area contributed by atoms with Crippen LogP contribution in [-0.2, 0) is 16.1 Å². The van der Waals surface area contributed by atoms with Gasteiger partial charge in [-0.15, -0.1) is 0 Å². The topological polar surface area (TPSA) is 101 Å². The Morgan fingerprint density at radius 1 is 1.23 bits per heavy atom. The highest BCUT2D eigenvalue weighted by Crippen LogP contribution is 2.18. The number of nitrogens with one attached hydrogen (secondary N) is 1. The molecule has 1 aliphatic carbocycles. The van der Waals surface area contributed by atoms with Crippen molar-refractivity contribution in [2.45, 2.75) is 51.1 Å². The third kappa shape index (κ3) is 4.87. The monoisotopic (exact) mass is 357 g/mol. The molecule has 0 aliphatic heterocycles. The molecule has 8 heteroatoms. The number of hydrogen-bond donors (Lipinski definition) is 1. The van der Waals surface area contributed by atoms with Gasteiger partial charge in [0.25, 0.3) is 0 Å². The first-order valence-electron chi connectivity index (χ1n) is 8.88. The molecule has 0 spiro atoms. The Hall–Kier alpha value is -2.77. The van der Waals surface area contributed by atoms with Gasteiger partial charge in [-0.05, 0) is 25.0 Å². The van der Waals surface area contributed by atoms with E-state index in [1.54, 1.807) is 31.6 Å². The Kier molecular flexibility index (Phi) is 5.93. The van der Waals surface area contributed by atoms with Gasteiger partial charge in [-0.3, -0.25) is 14.6 Å². The summed E-state index contributed by atoms with van der Waals surface area (Å²) in [6.45, 7) is 0.209. The van der Waals surface area contributed by atoms with Gasteiger partial charge in [-0.2, -0.15) is 4.98 Å². The molecule has 1 N–H and O–H groups in total. The second kappa shape index (κ2) is 8.55. The summed E-state index contributed by atoms with van der Waals surface area (Å²) in [4.78, 5) is 33.9. The Balaban J connectivity index is 1.45. The Morgan fingerprint density at radius 3 is 2.69 bits per heavy atom. The number of hydrogen-bond acceptors (Lipinski definition) is 6. The number of aromatic nitrogens is 3. The number of nitrogens with zero attached hydrogens (tertiary/aromatic N) is 4. The summed E-state index contributed by atoms with van der Waals surface area (Å²) in [6.07, 6.45) is 8.07. The van der Waals surface area contributed by atoms with Crippen molar-refractivity contribution < 1.29 is 14.1 Å². The van der Waals surface area contributed by atoms with E-state index in [-0.39, 0.29) is 37.2 Å². The van der Waals surface area contributed by atoms with Crippen LogP contribution in [0.1, 0.15) is 44.4 Å². The quantitative estimate of drug-likeness (QED) is 0.812. The molecule has 2 aromatic heterocycles. The molecule has 138 valence electrons. The molecule has 0 bridgehead atoms. The first kappa shape index (κ1) is 18.0. The van der Waals surface area contributed by atoms with Crippen molar-refractivity contribution in [1.29, 1.82) is 0 Å². The SMILES string of the molecule is CN(Cc1nc(-c2ccncc2)no1)C(=O)CCC(=O)NC1CCCC1.